The quantitative estimate of drug-likeness (QED) is 0.723. The Kier molecular flexibility index (Phi) is 3.77. The predicted molar refractivity (Wildman–Crippen MR) is 54.6 cm³/mol. The highest BCUT2D eigenvalue weighted by Gasteiger charge is 2.09. The molecule has 76 valence electrons. The smallest absolute Gasteiger partial charge is 0.162 e. The van der Waals surface area contributed by atoms with Crippen LogP contribution < -0.4 is 9.47 Å². The maximum absolute atomic E-state index is 10.6. The fraction of sp³-hybridized carbons (Fsp3) is 0.300. The van der Waals surface area contributed by atoms with Crippen molar-refractivity contribution in [2.45, 2.75) is 6.92 Å². The number of rotatable bonds is 4. The van der Waals surface area contributed by atoms with Crippen LogP contribution in [0.2, 0.25) is 5.02 Å². The highest BCUT2D eigenvalue weighted by atomic mass is 35.5. The van der Waals surface area contributed by atoms with E-state index < -0.39 is 0 Å². The van der Waals surface area contributed by atoms with Crippen molar-refractivity contribution in [1.29, 1.82) is 0 Å². The lowest BCUT2D eigenvalue weighted by atomic mass is 10.2. The minimum absolute atomic E-state index is 0.365. The van der Waals surface area contributed by atoms with Crippen molar-refractivity contribution in [2.24, 2.45) is 0 Å². The van der Waals surface area contributed by atoms with E-state index in [1.54, 1.807) is 12.1 Å². The zero-order valence-electron chi connectivity index (χ0n) is 8.04. The largest absolute Gasteiger partial charge is 0.493 e. The van der Waals surface area contributed by atoms with E-state index in [9.17, 15) is 4.79 Å². The summed E-state index contributed by atoms with van der Waals surface area (Å²) in [7, 11) is 1.51. The van der Waals surface area contributed by atoms with Crippen LogP contribution in [0.4, 0.5) is 0 Å². The fourth-order valence-corrected chi connectivity index (χ4v) is 1.27. The van der Waals surface area contributed by atoms with Gasteiger partial charge in [-0.2, -0.15) is 0 Å². The van der Waals surface area contributed by atoms with Crippen LogP contribution in [0.25, 0.3) is 0 Å². The van der Waals surface area contributed by atoms with E-state index in [-0.39, 0.29) is 0 Å². The van der Waals surface area contributed by atoms with Gasteiger partial charge in [0.15, 0.2) is 17.8 Å². The molecule has 0 fully saturated rings. The van der Waals surface area contributed by atoms with E-state index in [0.717, 1.165) is 0 Å². The van der Waals surface area contributed by atoms with Gasteiger partial charge in [0.25, 0.3) is 0 Å². The monoisotopic (exact) mass is 214 g/mol. The highest BCUT2D eigenvalue weighted by molar-refractivity contribution is 6.33. The van der Waals surface area contributed by atoms with E-state index in [0.29, 0.717) is 35.0 Å². The van der Waals surface area contributed by atoms with Gasteiger partial charge < -0.3 is 9.47 Å². The van der Waals surface area contributed by atoms with Crippen molar-refractivity contribution in [3.8, 4) is 11.5 Å². The summed E-state index contributed by atoms with van der Waals surface area (Å²) in [4.78, 5) is 10.6. The summed E-state index contributed by atoms with van der Waals surface area (Å²) in [5.74, 6) is 1.06. The average molecular weight is 215 g/mol. The van der Waals surface area contributed by atoms with Crippen LogP contribution in [0, 0.1) is 0 Å². The first-order chi connectivity index (χ1) is 6.72. The van der Waals surface area contributed by atoms with Gasteiger partial charge in [0.1, 0.15) is 0 Å². The van der Waals surface area contributed by atoms with Crippen LogP contribution in [-0.2, 0) is 0 Å². The molecule has 0 aliphatic carbocycles. The number of hydrogen-bond donors (Lipinski definition) is 0. The molecule has 1 aromatic rings. The predicted octanol–water partition coefficient (Wildman–Crippen LogP) is 2.56. The lowest BCUT2D eigenvalue weighted by Gasteiger charge is -2.10. The average Bonchev–Trinajstić information content (AvgIpc) is 2.19. The Balaban J connectivity index is 3.16. The number of carbonyl (C=O) groups excluding carboxylic acids is 1. The zero-order valence-corrected chi connectivity index (χ0v) is 8.80. The Hall–Kier alpha value is -1.22. The van der Waals surface area contributed by atoms with Crippen molar-refractivity contribution >= 4 is 17.9 Å². The molecule has 0 saturated carbocycles. The molecule has 0 aliphatic heterocycles. The Bertz CT molecular complexity index is 336. The van der Waals surface area contributed by atoms with Gasteiger partial charge in [-0.3, -0.25) is 4.79 Å². The van der Waals surface area contributed by atoms with Crippen molar-refractivity contribution in [3.63, 3.8) is 0 Å². The number of benzene rings is 1. The summed E-state index contributed by atoms with van der Waals surface area (Å²) >= 11 is 5.83. The van der Waals surface area contributed by atoms with E-state index in [1.807, 2.05) is 6.92 Å². The third kappa shape index (κ3) is 2.17. The molecule has 0 spiro atoms. The third-order valence-electron chi connectivity index (χ3n) is 1.71. The Morgan fingerprint density at radius 2 is 2.14 bits per heavy atom. The van der Waals surface area contributed by atoms with Crippen molar-refractivity contribution in [2.75, 3.05) is 13.7 Å². The molecule has 0 aromatic heterocycles. The first kappa shape index (κ1) is 10.9. The van der Waals surface area contributed by atoms with Crippen LogP contribution in [0.15, 0.2) is 12.1 Å². The molecular formula is C10H11ClO3. The second-order valence-corrected chi connectivity index (χ2v) is 2.98. The van der Waals surface area contributed by atoms with Crippen LogP contribution in [0.1, 0.15) is 17.3 Å². The summed E-state index contributed by atoms with van der Waals surface area (Å²) in [6, 6.07) is 3.13. The molecule has 1 aromatic carbocycles. The summed E-state index contributed by atoms with van der Waals surface area (Å²) in [5, 5.41) is 0.365. The molecule has 0 radical (unpaired) electrons. The van der Waals surface area contributed by atoms with Gasteiger partial charge in [-0.25, -0.2) is 0 Å². The topological polar surface area (TPSA) is 35.5 Å². The molecule has 1 rings (SSSR count). The summed E-state index contributed by atoms with van der Waals surface area (Å²) < 4.78 is 10.3. The molecule has 0 atom stereocenters. The normalized spacial score (nSPS) is 9.64. The number of hydrogen-bond acceptors (Lipinski definition) is 3. The molecule has 0 saturated heterocycles. The van der Waals surface area contributed by atoms with Gasteiger partial charge in [0.2, 0.25) is 0 Å². The van der Waals surface area contributed by atoms with E-state index >= 15 is 0 Å². The maximum atomic E-state index is 10.6. The lowest BCUT2D eigenvalue weighted by molar-refractivity contribution is 0.112. The molecule has 14 heavy (non-hydrogen) atoms. The van der Waals surface area contributed by atoms with Crippen molar-refractivity contribution < 1.29 is 14.3 Å². The number of ether oxygens (including phenoxy) is 2. The number of carbonyl (C=O) groups is 1. The molecule has 0 aliphatic rings. The molecule has 0 amide bonds. The maximum Gasteiger partial charge on any atom is 0.162 e. The molecule has 0 N–H and O–H groups in total. The number of aldehydes is 1. The van der Waals surface area contributed by atoms with Crippen molar-refractivity contribution in [1.82, 2.24) is 0 Å². The Labute approximate surface area is 87.6 Å². The van der Waals surface area contributed by atoms with Gasteiger partial charge >= 0.3 is 0 Å². The number of methoxy groups -OCH3 is 1. The van der Waals surface area contributed by atoms with Gasteiger partial charge in [0.05, 0.1) is 18.7 Å². The summed E-state index contributed by atoms with van der Waals surface area (Å²) in [5.41, 5.74) is 0.395. The number of halogens is 1. The zero-order chi connectivity index (χ0) is 10.6. The standard InChI is InChI=1S/C10H11ClO3/c1-3-14-10-5-8(11)7(6-12)4-9(10)13-2/h4-6H,3H2,1-2H3. The SMILES string of the molecule is CCOc1cc(Cl)c(C=O)cc1OC. The lowest BCUT2D eigenvalue weighted by Crippen LogP contribution is -1.96. The van der Waals surface area contributed by atoms with Crippen LogP contribution >= 0.6 is 11.6 Å². The van der Waals surface area contributed by atoms with Crippen LogP contribution in [0.3, 0.4) is 0 Å². The third-order valence-corrected chi connectivity index (χ3v) is 2.04. The molecule has 3 nitrogen and oxygen atoms in total. The van der Waals surface area contributed by atoms with Gasteiger partial charge in [-0.1, -0.05) is 11.6 Å². The van der Waals surface area contributed by atoms with E-state index in [1.165, 1.54) is 7.11 Å². The van der Waals surface area contributed by atoms with Crippen molar-refractivity contribution in [3.05, 3.63) is 22.7 Å². The van der Waals surface area contributed by atoms with Crippen LogP contribution in [0.5, 0.6) is 11.5 Å². The molecule has 0 unspecified atom stereocenters. The van der Waals surface area contributed by atoms with Gasteiger partial charge in [0, 0.05) is 11.6 Å². The summed E-state index contributed by atoms with van der Waals surface area (Å²) in [6.07, 6.45) is 0.681. The van der Waals surface area contributed by atoms with Gasteiger partial charge in [-0.05, 0) is 13.0 Å². The fourth-order valence-electron chi connectivity index (χ4n) is 1.07. The minimum Gasteiger partial charge on any atom is -0.493 e. The van der Waals surface area contributed by atoms with Gasteiger partial charge in [-0.15, -0.1) is 0 Å². The first-order valence-electron chi connectivity index (χ1n) is 4.18. The van der Waals surface area contributed by atoms with Crippen LogP contribution in [-0.4, -0.2) is 20.0 Å². The molecule has 0 heterocycles. The second-order valence-electron chi connectivity index (χ2n) is 2.58. The van der Waals surface area contributed by atoms with E-state index in [4.69, 9.17) is 21.1 Å². The highest BCUT2D eigenvalue weighted by Crippen LogP contribution is 2.32. The van der Waals surface area contributed by atoms with E-state index in [2.05, 4.69) is 0 Å². The second kappa shape index (κ2) is 4.86. The first-order valence-corrected chi connectivity index (χ1v) is 4.56. The summed E-state index contributed by atoms with van der Waals surface area (Å²) in [6.45, 7) is 2.38. The molecule has 4 heteroatoms. The minimum atomic E-state index is 0.365. The Morgan fingerprint density at radius 3 is 2.64 bits per heavy atom. The Morgan fingerprint density at radius 1 is 1.43 bits per heavy atom. The molecular weight excluding hydrogens is 204 g/mol. The molecule has 0 bridgehead atoms.